The van der Waals surface area contributed by atoms with Crippen LogP contribution in [-0.2, 0) is 0 Å². The zero-order chi connectivity index (χ0) is 6.85. The Hall–Kier alpha value is -1.71. The molecular weight excluding hydrogens is 168 g/mol. The average molecular weight is 180 g/mol. The first-order valence-corrected chi connectivity index (χ1v) is 2.21. The lowest BCUT2D eigenvalue weighted by atomic mass is 10.9. The summed E-state index contributed by atoms with van der Waals surface area (Å²) in [4.78, 5) is 10.5. The first-order valence-electron chi connectivity index (χ1n) is 2.21. The van der Waals surface area contributed by atoms with E-state index >= 15 is 0 Å². The SMILES string of the molecule is Nc1nc(N)nc(N)n1.O.O.O. The second-order valence-corrected chi connectivity index (χ2v) is 1.41. The Kier molecular flexibility index (Phi) is 8.40. The van der Waals surface area contributed by atoms with Gasteiger partial charge < -0.3 is 33.6 Å². The Morgan fingerprint density at radius 3 is 0.917 bits per heavy atom. The molecule has 1 heterocycles. The van der Waals surface area contributed by atoms with E-state index in [1.807, 2.05) is 0 Å². The number of hydrogen-bond acceptors (Lipinski definition) is 6. The fourth-order valence-electron chi connectivity index (χ4n) is 0.427. The number of nitrogens with two attached hydrogens (primary N) is 3. The predicted molar refractivity (Wildman–Crippen MR) is 43.9 cm³/mol. The highest BCUT2D eigenvalue weighted by molar-refractivity contribution is 5.33. The summed E-state index contributed by atoms with van der Waals surface area (Å²) in [6, 6.07) is 0. The van der Waals surface area contributed by atoms with Crippen LogP contribution in [-0.4, -0.2) is 31.4 Å². The summed E-state index contributed by atoms with van der Waals surface area (Å²) in [5.41, 5.74) is 15.4. The molecule has 9 heteroatoms. The maximum Gasteiger partial charge on any atom is 0.226 e. The lowest BCUT2D eigenvalue weighted by Crippen LogP contribution is -2.05. The highest BCUT2D eigenvalue weighted by Gasteiger charge is 1.93. The number of aromatic nitrogens is 3. The molecule has 0 aliphatic rings. The summed E-state index contributed by atoms with van der Waals surface area (Å²) in [5.74, 6) is 0.125. The van der Waals surface area contributed by atoms with Gasteiger partial charge in [0.25, 0.3) is 0 Å². The van der Waals surface area contributed by atoms with Crippen LogP contribution < -0.4 is 17.2 Å². The molecule has 72 valence electrons. The summed E-state index contributed by atoms with van der Waals surface area (Å²) in [6.07, 6.45) is 0. The molecule has 0 saturated carbocycles. The molecule has 1 aromatic heterocycles. The number of anilines is 3. The van der Waals surface area contributed by atoms with Crippen LogP contribution in [0.25, 0.3) is 0 Å². The van der Waals surface area contributed by atoms with Crippen molar-refractivity contribution in [3.8, 4) is 0 Å². The van der Waals surface area contributed by atoms with Gasteiger partial charge in [-0.3, -0.25) is 0 Å². The van der Waals surface area contributed by atoms with Gasteiger partial charge in [-0.2, -0.15) is 15.0 Å². The van der Waals surface area contributed by atoms with Crippen molar-refractivity contribution in [2.45, 2.75) is 0 Å². The van der Waals surface area contributed by atoms with Gasteiger partial charge in [0.05, 0.1) is 0 Å². The Balaban J connectivity index is -0.000000270. The van der Waals surface area contributed by atoms with Gasteiger partial charge >= 0.3 is 0 Å². The first kappa shape index (κ1) is 16.7. The molecule has 0 atom stereocenters. The van der Waals surface area contributed by atoms with Gasteiger partial charge in [-0.25, -0.2) is 0 Å². The van der Waals surface area contributed by atoms with Crippen LogP contribution in [0.2, 0.25) is 0 Å². The van der Waals surface area contributed by atoms with E-state index < -0.39 is 0 Å². The van der Waals surface area contributed by atoms with E-state index in [-0.39, 0.29) is 34.3 Å². The number of rotatable bonds is 0. The first-order chi connectivity index (χ1) is 4.18. The Morgan fingerprint density at radius 2 is 0.750 bits per heavy atom. The van der Waals surface area contributed by atoms with E-state index in [2.05, 4.69) is 15.0 Å². The topological polar surface area (TPSA) is 211 Å². The second kappa shape index (κ2) is 6.03. The molecule has 0 bridgehead atoms. The van der Waals surface area contributed by atoms with Crippen molar-refractivity contribution in [2.24, 2.45) is 0 Å². The van der Waals surface area contributed by atoms with Gasteiger partial charge in [0.2, 0.25) is 17.8 Å². The Morgan fingerprint density at radius 1 is 0.583 bits per heavy atom. The molecule has 0 unspecified atom stereocenters. The zero-order valence-electron chi connectivity index (χ0n) is 6.07. The van der Waals surface area contributed by atoms with Gasteiger partial charge in [0.1, 0.15) is 0 Å². The smallest absolute Gasteiger partial charge is 0.226 e. The van der Waals surface area contributed by atoms with Crippen molar-refractivity contribution in [3.63, 3.8) is 0 Å². The van der Waals surface area contributed by atoms with Gasteiger partial charge in [0.15, 0.2) is 0 Å². The van der Waals surface area contributed by atoms with E-state index in [0.717, 1.165) is 0 Å². The molecule has 0 fully saturated rings. The van der Waals surface area contributed by atoms with Crippen molar-refractivity contribution < 1.29 is 16.4 Å². The number of nitrogen functional groups attached to an aromatic ring is 3. The molecule has 0 aliphatic heterocycles. The minimum atomic E-state index is 0. The Bertz CT molecular complexity index is 179. The lowest BCUT2D eigenvalue weighted by Gasteiger charge is -1.93. The largest absolute Gasteiger partial charge is 0.412 e. The normalized spacial score (nSPS) is 7.00. The molecule has 12 heavy (non-hydrogen) atoms. The van der Waals surface area contributed by atoms with Crippen molar-refractivity contribution in [1.82, 2.24) is 15.0 Å². The molecular formula is C3H12N6O3. The third-order valence-electron chi connectivity index (χ3n) is 0.687. The fourth-order valence-corrected chi connectivity index (χ4v) is 0.427. The van der Waals surface area contributed by atoms with E-state index in [1.54, 1.807) is 0 Å². The van der Waals surface area contributed by atoms with Crippen LogP contribution >= 0.6 is 0 Å². The number of nitrogens with zero attached hydrogens (tertiary/aromatic N) is 3. The minimum Gasteiger partial charge on any atom is -0.412 e. The van der Waals surface area contributed by atoms with Crippen molar-refractivity contribution in [1.29, 1.82) is 0 Å². The molecule has 0 aromatic carbocycles. The molecule has 0 spiro atoms. The molecule has 1 rings (SSSR count). The van der Waals surface area contributed by atoms with Gasteiger partial charge in [-0.05, 0) is 0 Å². The van der Waals surface area contributed by atoms with Crippen LogP contribution in [0, 0.1) is 0 Å². The average Bonchev–Trinajstić information content (AvgIpc) is 1.59. The van der Waals surface area contributed by atoms with Crippen LogP contribution in [0.5, 0.6) is 0 Å². The second-order valence-electron chi connectivity index (χ2n) is 1.41. The summed E-state index contributed by atoms with van der Waals surface area (Å²) < 4.78 is 0. The third kappa shape index (κ3) is 4.16. The van der Waals surface area contributed by atoms with E-state index in [0.29, 0.717) is 0 Å². The zero-order valence-corrected chi connectivity index (χ0v) is 6.07. The summed E-state index contributed by atoms with van der Waals surface area (Å²) in [5, 5.41) is 0. The molecule has 1 aromatic rings. The van der Waals surface area contributed by atoms with E-state index in [1.165, 1.54) is 0 Å². The highest BCUT2D eigenvalue weighted by Crippen LogP contribution is 1.97. The summed E-state index contributed by atoms with van der Waals surface area (Å²) in [6.45, 7) is 0. The van der Waals surface area contributed by atoms with Crippen LogP contribution in [0.1, 0.15) is 0 Å². The summed E-state index contributed by atoms with van der Waals surface area (Å²) >= 11 is 0. The molecule has 12 N–H and O–H groups in total. The van der Waals surface area contributed by atoms with E-state index in [9.17, 15) is 0 Å². The lowest BCUT2D eigenvalue weighted by molar-refractivity contribution is 0.823. The maximum atomic E-state index is 5.14. The molecule has 0 aliphatic carbocycles. The molecule has 0 saturated heterocycles. The van der Waals surface area contributed by atoms with Crippen molar-refractivity contribution in [2.75, 3.05) is 17.2 Å². The van der Waals surface area contributed by atoms with Crippen LogP contribution in [0.3, 0.4) is 0 Å². The van der Waals surface area contributed by atoms with Gasteiger partial charge in [0, 0.05) is 0 Å². The summed E-state index contributed by atoms with van der Waals surface area (Å²) in [7, 11) is 0. The maximum absolute atomic E-state index is 5.14. The standard InChI is InChI=1S/C3H6N6.3H2O/c4-1-7-2(5)9-3(6)8-1;;;/h(H6,4,5,6,7,8,9);3*1H2. The molecule has 0 radical (unpaired) electrons. The fraction of sp³-hybridized carbons (Fsp3) is 0. The molecule has 0 amide bonds. The van der Waals surface area contributed by atoms with Crippen LogP contribution in [0.4, 0.5) is 17.8 Å². The van der Waals surface area contributed by atoms with E-state index in [4.69, 9.17) is 17.2 Å². The Labute approximate surface area is 67.6 Å². The van der Waals surface area contributed by atoms with Gasteiger partial charge in [-0.15, -0.1) is 0 Å². The van der Waals surface area contributed by atoms with Crippen molar-refractivity contribution >= 4 is 17.8 Å². The monoisotopic (exact) mass is 180 g/mol. The minimum absolute atomic E-state index is 0. The van der Waals surface area contributed by atoms with Gasteiger partial charge in [-0.1, -0.05) is 0 Å². The van der Waals surface area contributed by atoms with Crippen molar-refractivity contribution in [3.05, 3.63) is 0 Å². The third-order valence-corrected chi connectivity index (χ3v) is 0.687. The highest BCUT2D eigenvalue weighted by atomic mass is 16.0. The number of hydrogen-bond donors (Lipinski definition) is 3. The molecule has 9 nitrogen and oxygen atoms in total. The quantitative estimate of drug-likeness (QED) is 0.363. The van der Waals surface area contributed by atoms with Crippen LogP contribution in [0.15, 0.2) is 0 Å². The predicted octanol–water partition coefficient (Wildman–Crippen LogP) is -3.86.